The molecule has 0 aromatic carbocycles. The van der Waals surface area contributed by atoms with Crippen LogP contribution >= 0.6 is 15.9 Å². The van der Waals surface area contributed by atoms with Crippen LogP contribution in [0.4, 0.5) is 0 Å². The highest BCUT2D eigenvalue weighted by Gasteiger charge is 2.14. The largest absolute Gasteiger partial charge is 0.493 e. The molecule has 0 unspecified atom stereocenters. The number of methoxy groups -OCH3 is 2. The van der Waals surface area contributed by atoms with Crippen LogP contribution in [0.2, 0.25) is 0 Å². The Balaban J connectivity index is 2.86. The average Bonchev–Trinajstić information content (AvgIpc) is 2.04. The Bertz CT molecular complexity index is 206. The van der Waals surface area contributed by atoms with Crippen LogP contribution in [0, 0.1) is 0 Å². The molecule has 3 heteroatoms. The first kappa shape index (κ1) is 8.65. The Kier molecular flexibility index (Phi) is 3.00. The molecule has 0 aromatic heterocycles. The van der Waals surface area contributed by atoms with Crippen molar-refractivity contribution in [1.29, 1.82) is 0 Å². The minimum atomic E-state index is 0.818. The Hall–Kier alpha value is -0.440. The second-order valence-corrected chi connectivity index (χ2v) is 3.21. The molecule has 0 aliphatic heterocycles. The average molecular weight is 219 g/mol. The molecule has 1 rings (SSSR count). The molecule has 0 saturated carbocycles. The lowest BCUT2D eigenvalue weighted by atomic mass is 10.1. The van der Waals surface area contributed by atoms with Gasteiger partial charge in [0.15, 0.2) is 11.5 Å². The van der Waals surface area contributed by atoms with Gasteiger partial charge < -0.3 is 9.47 Å². The predicted molar refractivity (Wildman–Crippen MR) is 47.3 cm³/mol. The van der Waals surface area contributed by atoms with Crippen molar-refractivity contribution >= 4 is 15.9 Å². The SMILES string of the molecule is COC1=CCCC(Br)=C1OC. The molecule has 0 saturated heterocycles. The molecular weight excluding hydrogens is 208 g/mol. The van der Waals surface area contributed by atoms with Gasteiger partial charge in [0, 0.05) is 4.48 Å². The van der Waals surface area contributed by atoms with E-state index in [4.69, 9.17) is 9.47 Å². The second-order valence-electron chi connectivity index (χ2n) is 2.25. The van der Waals surface area contributed by atoms with E-state index in [-0.39, 0.29) is 0 Å². The fraction of sp³-hybridized carbons (Fsp3) is 0.500. The molecule has 62 valence electrons. The highest BCUT2D eigenvalue weighted by Crippen LogP contribution is 2.29. The third-order valence-electron chi connectivity index (χ3n) is 1.59. The van der Waals surface area contributed by atoms with E-state index < -0.39 is 0 Å². The number of hydrogen-bond donors (Lipinski definition) is 0. The number of halogens is 1. The maximum Gasteiger partial charge on any atom is 0.170 e. The van der Waals surface area contributed by atoms with Gasteiger partial charge in [-0.05, 0) is 18.9 Å². The smallest absolute Gasteiger partial charge is 0.170 e. The highest BCUT2D eigenvalue weighted by atomic mass is 79.9. The molecule has 0 N–H and O–H groups in total. The van der Waals surface area contributed by atoms with E-state index in [0.29, 0.717) is 0 Å². The number of rotatable bonds is 2. The van der Waals surface area contributed by atoms with E-state index in [1.807, 2.05) is 6.08 Å². The summed E-state index contributed by atoms with van der Waals surface area (Å²) in [6.45, 7) is 0. The highest BCUT2D eigenvalue weighted by molar-refractivity contribution is 9.11. The standard InChI is InChI=1S/C8H11BrO2/c1-10-7-5-3-4-6(9)8(7)11-2/h5H,3-4H2,1-2H3. The topological polar surface area (TPSA) is 18.5 Å². The van der Waals surface area contributed by atoms with Gasteiger partial charge in [0.1, 0.15) is 0 Å². The maximum absolute atomic E-state index is 5.15. The summed E-state index contributed by atoms with van der Waals surface area (Å²) in [5, 5.41) is 0. The minimum Gasteiger partial charge on any atom is -0.493 e. The number of allylic oxidation sites excluding steroid dienone is 2. The molecule has 1 aliphatic rings. The van der Waals surface area contributed by atoms with Crippen molar-refractivity contribution in [2.24, 2.45) is 0 Å². The molecule has 1 aliphatic carbocycles. The van der Waals surface area contributed by atoms with Gasteiger partial charge in [0.05, 0.1) is 14.2 Å². The summed E-state index contributed by atoms with van der Waals surface area (Å²) < 4.78 is 11.3. The quantitative estimate of drug-likeness (QED) is 0.710. The first-order valence-electron chi connectivity index (χ1n) is 3.46. The summed E-state index contributed by atoms with van der Waals surface area (Å²) in [6.07, 6.45) is 4.04. The Morgan fingerprint density at radius 1 is 1.36 bits per heavy atom. The van der Waals surface area contributed by atoms with Crippen LogP contribution in [-0.4, -0.2) is 14.2 Å². The van der Waals surface area contributed by atoms with Crippen LogP contribution in [0.1, 0.15) is 12.8 Å². The monoisotopic (exact) mass is 218 g/mol. The van der Waals surface area contributed by atoms with E-state index in [1.54, 1.807) is 14.2 Å². The van der Waals surface area contributed by atoms with Crippen molar-refractivity contribution in [1.82, 2.24) is 0 Å². The summed E-state index contributed by atoms with van der Waals surface area (Å²) in [7, 11) is 3.30. The zero-order valence-electron chi connectivity index (χ0n) is 6.69. The van der Waals surface area contributed by atoms with Crippen LogP contribution in [0.3, 0.4) is 0 Å². The molecule has 0 heterocycles. The van der Waals surface area contributed by atoms with Gasteiger partial charge in [-0.3, -0.25) is 0 Å². The first-order valence-corrected chi connectivity index (χ1v) is 4.26. The summed E-state index contributed by atoms with van der Waals surface area (Å²) in [6, 6.07) is 0. The van der Waals surface area contributed by atoms with E-state index in [1.165, 1.54) is 0 Å². The lowest BCUT2D eigenvalue weighted by Gasteiger charge is -2.15. The normalized spacial score (nSPS) is 17.9. The Labute approximate surface area is 75.0 Å². The molecule has 2 nitrogen and oxygen atoms in total. The van der Waals surface area contributed by atoms with Crippen molar-refractivity contribution in [2.75, 3.05) is 14.2 Å². The van der Waals surface area contributed by atoms with E-state index in [2.05, 4.69) is 15.9 Å². The van der Waals surface area contributed by atoms with Crippen LogP contribution in [0.5, 0.6) is 0 Å². The molecular formula is C8H11BrO2. The van der Waals surface area contributed by atoms with Crippen LogP contribution in [-0.2, 0) is 9.47 Å². The number of hydrogen-bond acceptors (Lipinski definition) is 2. The summed E-state index contributed by atoms with van der Waals surface area (Å²) in [5.74, 6) is 1.64. The third kappa shape index (κ3) is 1.77. The molecule has 0 spiro atoms. The van der Waals surface area contributed by atoms with Gasteiger partial charge in [0.25, 0.3) is 0 Å². The second kappa shape index (κ2) is 3.81. The van der Waals surface area contributed by atoms with Crippen LogP contribution in [0.25, 0.3) is 0 Å². The molecule has 0 amide bonds. The van der Waals surface area contributed by atoms with E-state index in [9.17, 15) is 0 Å². The van der Waals surface area contributed by atoms with Gasteiger partial charge >= 0.3 is 0 Å². The van der Waals surface area contributed by atoms with Crippen molar-refractivity contribution in [3.63, 3.8) is 0 Å². The first-order chi connectivity index (χ1) is 5.29. The lowest BCUT2D eigenvalue weighted by molar-refractivity contribution is 0.215. The van der Waals surface area contributed by atoms with Gasteiger partial charge in [0.2, 0.25) is 0 Å². The van der Waals surface area contributed by atoms with Crippen molar-refractivity contribution in [3.05, 3.63) is 22.1 Å². The predicted octanol–water partition coefficient (Wildman–Crippen LogP) is 2.56. The maximum atomic E-state index is 5.15. The van der Waals surface area contributed by atoms with Crippen molar-refractivity contribution < 1.29 is 9.47 Å². The van der Waals surface area contributed by atoms with Gasteiger partial charge in [-0.2, -0.15) is 0 Å². The summed E-state index contributed by atoms with van der Waals surface area (Å²) in [4.78, 5) is 0. The van der Waals surface area contributed by atoms with Gasteiger partial charge in [-0.1, -0.05) is 15.9 Å². The van der Waals surface area contributed by atoms with Crippen LogP contribution in [0.15, 0.2) is 22.1 Å². The van der Waals surface area contributed by atoms with Crippen molar-refractivity contribution in [2.45, 2.75) is 12.8 Å². The van der Waals surface area contributed by atoms with Gasteiger partial charge in [-0.15, -0.1) is 0 Å². The fourth-order valence-electron chi connectivity index (χ4n) is 1.06. The van der Waals surface area contributed by atoms with Crippen molar-refractivity contribution in [3.8, 4) is 0 Å². The Morgan fingerprint density at radius 2 is 2.09 bits per heavy atom. The number of ether oxygens (including phenoxy) is 2. The van der Waals surface area contributed by atoms with Crippen LogP contribution < -0.4 is 0 Å². The molecule has 0 atom stereocenters. The minimum absolute atomic E-state index is 0.818. The third-order valence-corrected chi connectivity index (χ3v) is 2.34. The molecule has 0 fully saturated rings. The van der Waals surface area contributed by atoms with E-state index in [0.717, 1.165) is 28.8 Å². The van der Waals surface area contributed by atoms with Gasteiger partial charge in [-0.25, -0.2) is 0 Å². The summed E-state index contributed by atoms with van der Waals surface area (Å²) >= 11 is 3.43. The lowest BCUT2D eigenvalue weighted by Crippen LogP contribution is -2.01. The molecule has 0 aromatic rings. The fourth-order valence-corrected chi connectivity index (χ4v) is 1.64. The zero-order valence-corrected chi connectivity index (χ0v) is 8.27. The Morgan fingerprint density at radius 3 is 2.55 bits per heavy atom. The molecule has 0 bridgehead atoms. The molecule has 11 heavy (non-hydrogen) atoms. The zero-order chi connectivity index (χ0) is 8.27. The van der Waals surface area contributed by atoms with E-state index >= 15 is 0 Å². The molecule has 0 radical (unpaired) electrons. The summed E-state index contributed by atoms with van der Waals surface area (Å²) in [5.41, 5.74) is 0.